The van der Waals surface area contributed by atoms with Crippen molar-refractivity contribution in [3.63, 3.8) is 0 Å². The number of hydrogen-bond donors (Lipinski definition) is 1. The van der Waals surface area contributed by atoms with E-state index >= 15 is 0 Å². The Balaban J connectivity index is 1.99. The Labute approximate surface area is 157 Å². The zero-order chi connectivity index (χ0) is 19.0. The Kier molecular flexibility index (Phi) is 4.58. The summed E-state index contributed by atoms with van der Waals surface area (Å²) in [5, 5.41) is 4.67. The molecular formula is C21H23N3O3. The summed E-state index contributed by atoms with van der Waals surface area (Å²) in [6.45, 7) is 0.638. The van der Waals surface area contributed by atoms with E-state index in [9.17, 15) is 4.79 Å². The summed E-state index contributed by atoms with van der Waals surface area (Å²) in [6.07, 6.45) is 7.42. The molecule has 1 fully saturated rings. The Hall–Kier alpha value is -2.86. The summed E-state index contributed by atoms with van der Waals surface area (Å²) in [5.41, 5.74) is 2.92. The van der Waals surface area contributed by atoms with Crippen LogP contribution < -0.4 is 20.3 Å². The number of pyridine rings is 2. The van der Waals surface area contributed by atoms with Gasteiger partial charge in [-0.15, -0.1) is 0 Å². The first-order chi connectivity index (χ1) is 13.2. The van der Waals surface area contributed by atoms with Crippen LogP contribution in [-0.2, 0) is 6.54 Å². The van der Waals surface area contributed by atoms with Gasteiger partial charge in [-0.05, 0) is 49.0 Å². The molecule has 0 radical (unpaired) electrons. The summed E-state index contributed by atoms with van der Waals surface area (Å²) in [7, 11) is 5.20. The Morgan fingerprint density at radius 1 is 1.19 bits per heavy atom. The van der Waals surface area contributed by atoms with Gasteiger partial charge in [-0.1, -0.05) is 0 Å². The van der Waals surface area contributed by atoms with E-state index in [2.05, 4.69) is 10.3 Å². The van der Waals surface area contributed by atoms with E-state index in [1.165, 1.54) is 0 Å². The Bertz CT molecular complexity index is 1030. The molecule has 0 atom stereocenters. The van der Waals surface area contributed by atoms with Crippen LogP contribution in [0.2, 0.25) is 0 Å². The summed E-state index contributed by atoms with van der Waals surface area (Å²) >= 11 is 0. The Morgan fingerprint density at radius 3 is 2.48 bits per heavy atom. The third kappa shape index (κ3) is 3.06. The molecule has 2 heterocycles. The molecule has 140 valence electrons. The van der Waals surface area contributed by atoms with Crippen LogP contribution in [0.1, 0.15) is 24.4 Å². The molecule has 0 spiro atoms. The average molecular weight is 365 g/mol. The number of rotatable bonds is 6. The Morgan fingerprint density at radius 2 is 1.89 bits per heavy atom. The van der Waals surface area contributed by atoms with Crippen molar-refractivity contribution in [3.8, 4) is 22.6 Å². The molecule has 27 heavy (non-hydrogen) atoms. The predicted molar refractivity (Wildman–Crippen MR) is 106 cm³/mol. The van der Waals surface area contributed by atoms with Crippen LogP contribution in [-0.4, -0.2) is 30.8 Å². The molecule has 1 aliphatic carbocycles. The molecule has 0 bridgehead atoms. The standard InChI is InChI=1S/C21H23N3O3/c1-22-10-17-19(26-2)8-13(9-20(17)27-3)18-12-24(14-4-5-14)21(25)16-11-23-7-6-15(16)18/h6-9,11-12,14,22H,4-5,10H2,1-3H3. The van der Waals surface area contributed by atoms with Crippen LogP contribution >= 0.6 is 0 Å². The zero-order valence-corrected chi connectivity index (χ0v) is 15.8. The van der Waals surface area contributed by atoms with Crippen molar-refractivity contribution in [3.05, 3.63) is 52.7 Å². The van der Waals surface area contributed by atoms with Crippen molar-refractivity contribution in [1.82, 2.24) is 14.9 Å². The second-order valence-corrected chi connectivity index (χ2v) is 6.80. The number of nitrogens with zero attached hydrogens (tertiary/aromatic N) is 2. The molecule has 6 nitrogen and oxygen atoms in total. The summed E-state index contributed by atoms with van der Waals surface area (Å²) < 4.78 is 13.1. The molecule has 2 aromatic heterocycles. The van der Waals surface area contributed by atoms with Gasteiger partial charge in [0.1, 0.15) is 11.5 Å². The van der Waals surface area contributed by atoms with Crippen LogP contribution in [0.3, 0.4) is 0 Å². The highest BCUT2D eigenvalue weighted by atomic mass is 16.5. The second-order valence-electron chi connectivity index (χ2n) is 6.80. The average Bonchev–Trinajstić information content (AvgIpc) is 3.54. The van der Waals surface area contributed by atoms with Crippen molar-refractivity contribution in [1.29, 1.82) is 0 Å². The molecular weight excluding hydrogens is 342 g/mol. The number of fused-ring (bicyclic) bond motifs is 1. The van der Waals surface area contributed by atoms with Gasteiger partial charge in [0.05, 0.1) is 19.6 Å². The summed E-state index contributed by atoms with van der Waals surface area (Å²) in [4.78, 5) is 17.0. The smallest absolute Gasteiger partial charge is 0.260 e. The van der Waals surface area contributed by atoms with Crippen molar-refractivity contribution < 1.29 is 9.47 Å². The zero-order valence-electron chi connectivity index (χ0n) is 15.8. The van der Waals surface area contributed by atoms with E-state index in [-0.39, 0.29) is 11.6 Å². The van der Waals surface area contributed by atoms with Crippen LogP contribution in [0.5, 0.6) is 11.5 Å². The molecule has 1 aliphatic rings. The number of hydrogen-bond acceptors (Lipinski definition) is 5. The van der Waals surface area contributed by atoms with E-state index in [0.717, 1.165) is 46.4 Å². The largest absolute Gasteiger partial charge is 0.496 e. The molecule has 0 unspecified atom stereocenters. The number of methoxy groups -OCH3 is 2. The van der Waals surface area contributed by atoms with E-state index in [4.69, 9.17) is 9.47 Å². The topological polar surface area (TPSA) is 65.4 Å². The second kappa shape index (κ2) is 7.04. The molecule has 1 N–H and O–H groups in total. The molecule has 0 aliphatic heterocycles. The fourth-order valence-corrected chi connectivity index (χ4v) is 3.55. The molecule has 0 amide bonds. The molecule has 0 saturated heterocycles. The minimum atomic E-state index is 0.0232. The quantitative estimate of drug-likeness (QED) is 0.727. The summed E-state index contributed by atoms with van der Waals surface area (Å²) in [6, 6.07) is 6.19. The lowest BCUT2D eigenvalue weighted by Gasteiger charge is -2.17. The number of nitrogens with one attached hydrogen (secondary N) is 1. The fraction of sp³-hybridized carbons (Fsp3) is 0.333. The molecule has 3 aromatic rings. The predicted octanol–water partition coefficient (Wildman–Crippen LogP) is 3.14. The van der Waals surface area contributed by atoms with Crippen LogP contribution in [0.15, 0.2) is 41.6 Å². The number of benzene rings is 1. The maximum atomic E-state index is 12.8. The minimum absolute atomic E-state index is 0.0232. The third-order valence-electron chi connectivity index (χ3n) is 5.06. The number of ether oxygens (including phenoxy) is 2. The van der Waals surface area contributed by atoms with Crippen molar-refractivity contribution in [2.75, 3.05) is 21.3 Å². The van der Waals surface area contributed by atoms with Crippen molar-refractivity contribution >= 4 is 10.8 Å². The van der Waals surface area contributed by atoms with Gasteiger partial charge in [0, 0.05) is 42.3 Å². The third-order valence-corrected chi connectivity index (χ3v) is 5.06. The lowest BCUT2D eigenvalue weighted by atomic mass is 9.99. The van der Waals surface area contributed by atoms with Gasteiger partial charge < -0.3 is 19.4 Å². The van der Waals surface area contributed by atoms with E-state index < -0.39 is 0 Å². The highest BCUT2D eigenvalue weighted by molar-refractivity contribution is 5.95. The van der Waals surface area contributed by atoms with E-state index in [1.54, 1.807) is 26.6 Å². The van der Waals surface area contributed by atoms with Gasteiger partial charge >= 0.3 is 0 Å². The van der Waals surface area contributed by atoms with Crippen LogP contribution in [0.25, 0.3) is 21.9 Å². The highest BCUT2D eigenvalue weighted by Crippen LogP contribution is 2.39. The SMILES string of the molecule is CNCc1c(OC)cc(-c2cn(C3CC3)c(=O)c3cnccc23)cc1OC. The van der Waals surface area contributed by atoms with Gasteiger partial charge in [-0.3, -0.25) is 9.78 Å². The first-order valence-electron chi connectivity index (χ1n) is 9.06. The summed E-state index contributed by atoms with van der Waals surface area (Å²) in [5.74, 6) is 1.51. The maximum absolute atomic E-state index is 12.8. The van der Waals surface area contributed by atoms with Gasteiger partial charge in [0.25, 0.3) is 5.56 Å². The maximum Gasteiger partial charge on any atom is 0.260 e. The van der Waals surface area contributed by atoms with E-state index in [0.29, 0.717) is 11.9 Å². The van der Waals surface area contributed by atoms with Gasteiger partial charge in [0.2, 0.25) is 0 Å². The molecule has 1 aromatic carbocycles. The fourth-order valence-electron chi connectivity index (χ4n) is 3.55. The molecule has 4 rings (SSSR count). The highest BCUT2D eigenvalue weighted by Gasteiger charge is 2.26. The first-order valence-corrected chi connectivity index (χ1v) is 9.06. The lowest BCUT2D eigenvalue weighted by Crippen LogP contribution is -2.19. The monoisotopic (exact) mass is 365 g/mol. The van der Waals surface area contributed by atoms with Gasteiger partial charge in [-0.2, -0.15) is 0 Å². The van der Waals surface area contributed by atoms with E-state index in [1.807, 2.05) is 36.0 Å². The van der Waals surface area contributed by atoms with Gasteiger partial charge in [0.15, 0.2) is 0 Å². The van der Waals surface area contributed by atoms with Crippen molar-refractivity contribution in [2.45, 2.75) is 25.4 Å². The van der Waals surface area contributed by atoms with Crippen LogP contribution in [0.4, 0.5) is 0 Å². The minimum Gasteiger partial charge on any atom is -0.496 e. The normalized spacial score (nSPS) is 13.7. The van der Waals surface area contributed by atoms with Crippen molar-refractivity contribution in [2.24, 2.45) is 0 Å². The molecule has 6 heteroatoms. The number of aromatic nitrogens is 2. The lowest BCUT2D eigenvalue weighted by molar-refractivity contribution is 0.384. The molecule has 1 saturated carbocycles. The first kappa shape index (κ1) is 17.5. The van der Waals surface area contributed by atoms with Gasteiger partial charge in [-0.25, -0.2) is 0 Å². The van der Waals surface area contributed by atoms with Crippen LogP contribution in [0, 0.1) is 0 Å².